The molecule has 0 aromatic heterocycles. The normalized spacial score (nSPS) is 11.9. The van der Waals surface area contributed by atoms with Crippen LogP contribution in [0.25, 0.3) is 0 Å². The first-order valence-electron chi connectivity index (χ1n) is 8.34. The molecule has 0 bridgehead atoms. The molecule has 0 saturated carbocycles. The van der Waals surface area contributed by atoms with E-state index in [4.69, 9.17) is 23.2 Å². The van der Waals surface area contributed by atoms with E-state index in [0.29, 0.717) is 22.2 Å². The van der Waals surface area contributed by atoms with Gasteiger partial charge >= 0.3 is 0 Å². The third kappa shape index (κ3) is 5.23. The number of rotatable bonds is 6. The number of halogens is 2. The fourth-order valence-electron chi connectivity index (χ4n) is 2.60. The Morgan fingerprint density at radius 3 is 2.38 bits per heavy atom. The van der Waals surface area contributed by atoms with E-state index in [1.165, 1.54) is 0 Å². The summed E-state index contributed by atoms with van der Waals surface area (Å²) in [6, 6.07) is 13.5. The molecule has 0 unspecified atom stereocenters. The van der Waals surface area contributed by atoms with Crippen molar-refractivity contribution in [2.24, 2.45) is 5.92 Å². The van der Waals surface area contributed by atoms with E-state index in [1.807, 2.05) is 32.0 Å². The Bertz CT molecular complexity index is 793. The molecule has 0 spiro atoms. The summed E-state index contributed by atoms with van der Waals surface area (Å²) in [5.74, 6) is -0.602. The zero-order chi connectivity index (χ0) is 19.3. The lowest BCUT2D eigenvalue weighted by Crippen LogP contribution is -2.50. The van der Waals surface area contributed by atoms with Crippen LogP contribution in [0.1, 0.15) is 29.8 Å². The summed E-state index contributed by atoms with van der Waals surface area (Å²) in [6.45, 7) is 4.19. The molecular formula is C20H22Cl2N2O2. The van der Waals surface area contributed by atoms with Gasteiger partial charge in [0.25, 0.3) is 5.91 Å². The fourth-order valence-corrected chi connectivity index (χ4v) is 3.04. The summed E-state index contributed by atoms with van der Waals surface area (Å²) < 4.78 is 0. The highest BCUT2D eigenvalue weighted by Crippen LogP contribution is 2.17. The van der Waals surface area contributed by atoms with E-state index in [1.54, 1.807) is 42.3 Å². The van der Waals surface area contributed by atoms with Crippen molar-refractivity contribution in [1.29, 1.82) is 0 Å². The molecule has 6 heteroatoms. The minimum Gasteiger partial charge on any atom is -0.340 e. The second-order valence-corrected chi connectivity index (χ2v) is 7.34. The molecule has 138 valence electrons. The van der Waals surface area contributed by atoms with E-state index in [-0.39, 0.29) is 17.7 Å². The average molecular weight is 393 g/mol. The van der Waals surface area contributed by atoms with Crippen LogP contribution in [0.3, 0.4) is 0 Å². The highest BCUT2D eigenvalue weighted by Gasteiger charge is 2.28. The van der Waals surface area contributed by atoms with Crippen molar-refractivity contribution in [3.8, 4) is 0 Å². The molecule has 2 amide bonds. The number of nitrogens with one attached hydrogen (secondary N) is 1. The van der Waals surface area contributed by atoms with E-state index < -0.39 is 6.04 Å². The van der Waals surface area contributed by atoms with Gasteiger partial charge in [-0.3, -0.25) is 9.59 Å². The molecule has 2 aromatic rings. The van der Waals surface area contributed by atoms with E-state index in [2.05, 4.69) is 5.32 Å². The minimum atomic E-state index is -0.650. The van der Waals surface area contributed by atoms with Crippen molar-refractivity contribution in [2.45, 2.75) is 26.4 Å². The van der Waals surface area contributed by atoms with Gasteiger partial charge in [0.2, 0.25) is 5.91 Å². The van der Waals surface area contributed by atoms with Crippen molar-refractivity contribution >= 4 is 35.0 Å². The zero-order valence-electron chi connectivity index (χ0n) is 15.0. The second kappa shape index (κ2) is 9.06. The second-order valence-electron chi connectivity index (χ2n) is 6.50. The van der Waals surface area contributed by atoms with E-state index in [0.717, 1.165) is 5.56 Å². The number of hydrogen-bond acceptors (Lipinski definition) is 2. The molecule has 26 heavy (non-hydrogen) atoms. The Kier molecular flexibility index (Phi) is 7.06. The van der Waals surface area contributed by atoms with Gasteiger partial charge < -0.3 is 10.2 Å². The average Bonchev–Trinajstić information content (AvgIpc) is 2.59. The number of benzene rings is 2. The molecule has 1 N–H and O–H groups in total. The fraction of sp³-hybridized carbons (Fsp3) is 0.300. The summed E-state index contributed by atoms with van der Waals surface area (Å²) in [6.07, 6.45) is 0. The van der Waals surface area contributed by atoms with Gasteiger partial charge in [0.1, 0.15) is 6.04 Å². The van der Waals surface area contributed by atoms with Crippen LogP contribution in [0.2, 0.25) is 10.0 Å². The van der Waals surface area contributed by atoms with Crippen LogP contribution >= 0.6 is 23.2 Å². The molecule has 0 fully saturated rings. The molecule has 4 nitrogen and oxygen atoms in total. The first-order chi connectivity index (χ1) is 12.3. The maximum Gasteiger partial charge on any atom is 0.253 e. The minimum absolute atomic E-state index is 0.0734. The van der Waals surface area contributed by atoms with Gasteiger partial charge in [-0.05, 0) is 35.7 Å². The molecule has 2 rings (SSSR count). The summed E-state index contributed by atoms with van der Waals surface area (Å²) in [7, 11) is 1.71. The molecule has 0 radical (unpaired) electrons. The number of hydrogen-bond donors (Lipinski definition) is 1. The summed E-state index contributed by atoms with van der Waals surface area (Å²) in [4.78, 5) is 27.0. The van der Waals surface area contributed by atoms with Gasteiger partial charge in [0.05, 0.1) is 10.6 Å². The predicted octanol–water partition coefficient (Wildman–Crippen LogP) is 4.41. The van der Waals surface area contributed by atoms with Crippen LogP contribution in [-0.4, -0.2) is 29.8 Å². The maximum absolute atomic E-state index is 12.9. The van der Waals surface area contributed by atoms with Crippen LogP contribution in [0.5, 0.6) is 0 Å². The summed E-state index contributed by atoms with van der Waals surface area (Å²) >= 11 is 12.1. The van der Waals surface area contributed by atoms with Crippen molar-refractivity contribution in [2.75, 3.05) is 7.05 Å². The smallest absolute Gasteiger partial charge is 0.253 e. The quantitative estimate of drug-likeness (QED) is 0.791. The lowest BCUT2D eigenvalue weighted by atomic mass is 10.0. The van der Waals surface area contributed by atoms with Crippen molar-refractivity contribution < 1.29 is 9.59 Å². The number of carbonyl (C=O) groups is 2. The summed E-state index contributed by atoms with van der Waals surface area (Å²) in [5.41, 5.74) is 1.28. The molecule has 0 saturated heterocycles. The van der Waals surface area contributed by atoms with E-state index in [9.17, 15) is 9.59 Å². The zero-order valence-corrected chi connectivity index (χ0v) is 16.5. The standard InChI is InChI=1S/C20H22Cl2N2O2/c1-13(2)18(23-19(25)16-9-4-5-10-17(16)22)20(26)24(3)12-14-7-6-8-15(21)11-14/h4-11,13,18H,12H2,1-3H3,(H,23,25)/t18-/m0/s1. The van der Waals surface area contributed by atoms with Crippen molar-refractivity contribution in [3.05, 3.63) is 69.7 Å². The maximum atomic E-state index is 12.9. The van der Waals surface area contributed by atoms with Gasteiger partial charge in [0.15, 0.2) is 0 Å². The summed E-state index contributed by atoms with van der Waals surface area (Å²) in [5, 5.41) is 3.79. The molecule has 1 atom stereocenters. The van der Waals surface area contributed by atoms with Crippen LogP contribution in [-0.2, 0) is 11.3 Å². The lowest BCUT2D eigenvalue weighted by Gasteiger charge is -2.27. The number of nitrogens with zero attached hydrogens (tertiary/aromatic N) is 1. The van der Waals surface area contributed by atoms with Gasteiger partial charge in [-0.15, -0.1) is 0 Å². The largest absolute Gasteiger partial charge is 0.340 e. The number of amides is 2. The number of likely N-dealkylation sites (N-methyl/N-ethyl adjacent to an activating group) is 1. The molecule has 0 heterocycles. The van der Waals surface area contributed by atoms with Crippen LogP contribution in [0.4, 0.5) is 0 Å². The Balaban J connectivity index is 2.11. The topological polar surface area (TPSA) is 49.4 Å². The lowest BCUT2D eigenvalue weighted by molar-refractivity contribution is -0.133. The number of carbonyl (C=O) groups excluding carboxylic acids is 2. The third-order valence-electron chi connectivity index (χ3n) is 4.02. The Labute approximate surface area is 164 Å². The Hall–Kier alpha value is -2.04. The monoisotopic (exact) mass is 392 g/mol. The molecule has 0 aliphatic rings. The predicted molar refractivity (Wildman–Crippen MR) is 105 cm³/mol. The Morgan fingerprint density at radius 2 is 1.77 bits per heavy atom. The van der Waals surface area contributed by atoms with Gasteiger partial charge in [-0.2, -0.15) is 0 Å². The highest BCUT2D eigenvalue weighted by atomic mass is 35.5. The van der Waals surface area contributed by atoms with Gasteiger partial charge in [-0.25, -0.2) is 0 Å². The SMILES string of the molecule is CC(C)[C@H](NC(=O)c1ccccc1Cl)C(=O)N(C)Cc1cccc(Cl)c1. The molecule has 0 aliphatic carbocycles. The first-order valence-corrected chi connectivity index (χ1v) is 9.10. The Morgan fingerprint density at radius 1 is 1.08 bits per heavy atom. The van der Waals surface area contributed by atoms with Crippen LogP contribution in [0.15, 0.2) is 48.5 Å². The third-order valence-corrected chi connectivity index (χ3v) is 4.59. The van der Waals surface area contributed by atoms with E-state index >= 15 is 0 Å². The van der Waals surface area contributed by atoms with Crippen molar-refractivity contribution in [1.82, 2.24) is 10.2 Å². The molecular weight excluding hydrogens is 371 g/mol. The van der Waals surface area contributed by atoms with Gasteiger partial charge in [-0.1, -0.05) is 61.3 Å². The first kappa shape index (κ1) is 20.3. The van der Waals surface area contributed by atoms with Crippen LogP contribution < -0.4 is 5.32 Å². The van der Waals surface area contributed by atoms with Gasteiger partial charge in [0, 0.05) is 18.6 Å². The highest BCUT2D eigenvalue weighted by molar-refractivity contribution is 6.33. The van der Waals surface area contributed by atoms with Crippen LogP contribution in [0, 0.1) is 5.92 Å². The molecule has 2 aromatic carbocycles. The molecule has 0 aliphatic heterocycles. The van der Waals surface area contributed by atoms with Crippen molar-refractivity contribution in [3.63, 3.8) is 0 Å².